The average molecular weight is 374 g/mol. The molecule has 0 unspecified atom stereocenters. The van der Waals surface area contributed by atoms with Crippen molar-refractivity contribution in [3.8, 4) is 11.3 Å². The lowest BCUT2D eigenvalue weighted by molar-refractivity contribution is 1.06. The average Bonchev–Trinajstić information content (AvgIpc) is 2.57. The Bertz CT molecular complexity index is 913. The molecule has 0 bridgehead atoms. The summed E-state index contributed by atoms with van der Waals surface area (Å²) < 4.78 is 0. The van der Waals surface area contributed by atoms with Gasteiger partial charge in [0.15, 0.2) is 0 Å². The highest BCUT2D eigenvalue weighted by Gasteiger charge is 2.16. The van der Waals surface area contributed by atoms with Crippen LogP contribution in [0.2, 0.25) is 10.0 Å². The number of hydrogen-bond donors (Lipinski definition) is 1. The lowest BCUT2D eigenvalue weighted by Gasteiger charge is -2.14. The first kappa shape index (κ1) is 16.8. The fourth-order valence-electron chi connectivity index (χ4n) is 2.34. The van der Waals surface area contributed by atoms with Crippen LogP contribution < -0.4 is 5.32 Å². The molecule has 1 heterocycles. The summed E-state index contributed by atoms with van der Waals surface area (Å²) in [5, 5.41) is 6.00. The predicted octanol–water partition coefficient (Wildman–Crippen LogP) is 5.85. The van der Waals surface area contributed by atoms with Gasteiger partial charge in [-0.15, -0.1) is 0 Å². The summed E-state index contributed by atoms with van der Waals surface area (Å²) in [5.41, 5.74) is 2.95. The minimum Gasteiger partial charge on any atom is -0.338 e. The van der Waals surface area contributed by atoms with Crippen LogP contribution in [0.15, 0.2) is 48.5 Å². The van der Waals surface area contributed by atoms with Crippen molar-refractivity contribution >= 4 is 52.3 Å². The maximum atomic E-state index is 6.33. The summed E-state index contributed by atoms with van der Waals surface area (Å²) in [6.07, 6.45) is 0. The quantitative estimate of drug-likeness (QED) is 0.582. The monoisotopic (exact) mass is 373 g/mol. The molecule has 0 fully saturated rings. The SMILES string of the molecule is Cc1nc(Nc2ccccc2Cl)c(C=S)c(-c2ccccc2Cl)n1. The van der Waals surface area contributed by atoms with Gasteiger partial charge in [-0.05, 0) is 25.1 Å². The number of benzene rings is 2. The Morgan fingerprint density at radius 2 is 1.62 bits per heavy atom. The molecule has 2 aromatic carbocycles. The number of thiocarbonyl (C=S) groups is 1. The number of nitrogens with zero attached hydrogens (tertiary/aromatic N) is 2. The van der Waals surface area contributed by atoms with Gasteiger partial charge in [0.25, 0.3) is 0 Å². The van der Waals surface area contributed by atoms with E-state index in [-0.39, 0.29) is 0 Å². The third-order valence-electron chi connectivity index (χ3n) is 3.43. The van der Waals surface area contributed by atoms with Gasteiger partial charge in [-0.25, -0.2) is 9.97 Å². The van der Waals surface area contributed by atoms with Gasteiger partial charge in [-0.1, -0.05) is 65.8 Å². The largest absolute Gasteiger partial charge is 0.338 e. The van der Waals surface area contributed by atoms with E-state index in [1.807, 2.05) is 55.5 Å². The van der Waals surface area contributed by atoms with Crippen molar-refractivity contribution in [3.05, 3.63) is 70.0 Å². The smallest absolute Gasteiger partial charge is 0.142 e. The van der Waals surface area contributed by atoms with E-state index in [1.54, 1.807) is 5.37 Å². The number of anilines is 2. The molecule has 0 saturated carbocycles. The summed E-state index contributed by atoms with van der Waals surface area (Å²) in [6.45, 7) is 1.82. The molecule has 0 atom stereocenters. The van der Waals surface area contributed by atoms with Crippen molar-refractivity contribution in [1.82, 2.24) is 9.97 Å². The summed E-state index contributed by atoms with van der Waals surface area (Å²) in [5.74, 6) is 1.21. The van der Waals surface area contributed by atoms with E-state index in [0.717, 1.165) is 11.3 Å². The van der Waals surface area contributed by atoms with Gasteiger partial charge in [-0.3, -0.25) is 0 Å². The van der Waals surface area contributed by atoms with E-state index < -0.39 is 0 Å². The number of aryl methyl sites for hydroxylation is 1. The highest BCUT2D eigenvalue weighted by Crippen LogP contribution is 2.33. The molecule has 3 rings (SSSR count). The number of nitrogens with one attached hydrogen (secondary N) is 1. The van der Waals surface area contributed by atoms with E-state index in [1.165, 1.54) is 0 Å². The number of rotatable bonds is 4. The minimum absolute atomic E-state index is 0.598. The predicted molar refractivity (Wildman–Crippen MR) is 105 cm³/mol. The maximum Gasteiger partial charge on any atom is 0.142 e. The minimum atomic E-state index is 0.598. The summed E-state index contributed by atoms with van der Waals surface area (Å²) in [4.78, 5) is 9.01. The Morgan fingerprint density at radius 3 is 2.29 bits per heavy atom. The second kappa shape index (κ2) is 7.26. The Labute approximate surface area is 155 Å². The molecular formula is C18H13Cl2N3S. The highest BCUT2D eigenvalue weighted by atomic mass is 35.5. The van der Waals surface area contributed by atoms with E-state index >= 15 is 0 Å². The maximum absolute atomic E-state index is 6.33. The van der Waals surface area contributed by atoms with Crippen LogP contribution in [0.25, 0.3) is 11.3 Å². The van der Waals surface area contributed by atoms with Gasteiger partial charge in [0.1, 0.15) is 11.6 Å². The zero-order valence-electron chi connectivity index (χ0n) is 12.8. The molecule has 0 radical (unpaired) electrons. The van der Waals surface area contributed by atoms with Gasteiger partial charge < -0.3 is 5.32 Å². The number of para-hydroxylation sites is 1. The Balaban J connectivity index is 2.16. The van der Waals surface area contributed by atoms with E-state index in [2.05, 4.69) is 15.3 Å². The summed E-state index contributed by atoms with van der Waals surface area (Å²) in [7, 11) is 0. The molecule has 0 amide bonds. The fourth-order valence-corrected chi connectivity index (χ4v) is 2.97. The van der Waals surface area contributed by atoms with Gasteiger partial charge >= 0.3 is 0 Å². The van der Waals surface area contributed by atoms with Crippen molar-refractivity contribution in [2.45, 2.75) is 6.92 Å². The first-order valence-electron chi connectivity index (χ1n) is 7.20. The molecule has 3 nitrogen and oxygen atoms in total. The lowest BCUT2D eigenvalue weighted by Crippen LogP contribution is -2.05. The fraction of sp³-hybridized carbons (Fsp3) is 0.0556. The van der Waals surface area contributed by atoms with Gasteiger partial charge in [0, 0.05) is 16.0 Å². The summed E-state index contributed by atoms with van der Waals surface area (Å²) in [6, 6.07) is 15.0. The molecule has 6 heteroatoms. The normalized spacial score (nSPS) is 10.5. The topological polar surface area (TPSA) is 37.8 Å². The lowest BCUT2D eigenvalue weighted by atomic mass is 10.1. The molecule has 0 aliphatic heterocycles. The first-order chi connectivity index (χ1) is 11.6. The molecule has 3 aromatic rings. The molecule has 24 heavy (non-hydrogen) atoms. The molecule has 1 aromatic heterocycles. The Hall–Kier alpha value is -2.01. The van der Waals surface area contributed by atoms with Crippen LogP contribution in [0.4, 0.5) is 11.5 Å². The van der Waals surface area contributed by atoms with Crippen LogP contribution in [0.3, 0.4) is 0 Å². The first-order valence-corrected chi connectivity index (χ1v) is 8.43. The standard InChI is InChI=1S/C18H13Cl2N3S/c1-11-21-17(12-6-2-3-7-14(12)19)13(10-24)18(22-11)23-16-9-5-4-8-15(16)20/h2-10H,1H3,(H,21,22,23). The Morgan fingerprint density at radius 1 is 0.958 bits per heavy atom. The van der Waals surface area contributed by atoms with Gasteiger partial charge in [0.2, 0.25) is 0 Å². The van der Waals surface area contributed by atoms with Crippen molar-refractivity contribution < 1.29 is 0 Å². The number of hydrogen-bond acceptors (Lipinski definition) is 4. The van der Waals surface area contributed by atoms with Crippen LogP contribution >= 0.6 is 35.4 Å². The molecule has 0 aliphatic rings. The van der Waals surface area contributed by atoms with Crippen LogP contribution in [0, 0.1) is 6.92 Å². The Kier molecular flexibility index (Phi) is 5.09. The van der Waals surface area contributed by atoms with E-state index in [0.29, 0.717) is 32.9 Å². The van der Waals surface area contributed by atoms with Crippen molar-refractivity contribution in [3.63, 3.8) is 0 Å². The third-order valence-corrected chi connectivity index (χ3v) is 4.33. The summed E-state index contributed by atoms with van der Waals surface area (Å²) >= 11 is 17.8. The molecule has 1 N–H and O–H groups in total. The van der Waals surface area contributed by atoms with Crippen molar-refractivity contribution in [1.29, 1.82) is 0 Å². The van der Waals surface area contributed by atoms with Crippen molar-refractivity contribution in [2.75, 3.05) is 5.32 Å². The van der Waals surface area contributed by atoms with E-state index in [9.17, 15) is 0 Å². The van der Waals surface area contributed by atoms with E-state index in [4.69, 9.17) is 35.4 Å². The molecular weight excluding hydrogens is 361 g/mol. The molecule has 0 saturated heterocycles. The van der Waals surface area contributed by atoms with Crippen LogP contribution in [0.5, 0.6) is 0 Å². The van der Waals surface area contributed by atoms with Gasteiger partial charge in [-0.2, -0.15) is 0 Å². The van der Waals surface area contributed by atoms with Crippen LogP contribution in [0.1, 0.15) is 11.4 Å². The second-order valence-electron chi connectivity index (χ2n) is 5.08. The highest BCUT2D eigenvalue weighted by molar-refractivity contribution is 7.79. The molecule has 0 aliphatic carbocycles. The third kappa shape index (κ3) is 3.41. The van der Waals surface area contributed by atoms with Crippen molar-refractivity contribution in [2.24, 2.45) is 0 Å². The molecule has 0 spiro atoms. The number of aromatic nitrogens is 2. The number of halogens is 2. The zero-order chi connectivity index (χ0) is 17.1. The zero-order valence-corrected chi connectivity index (χ0v) is 15.1. The van der Waals surface area contributed by atoms with Crippen LogP contribution in [-0.2, 0) is 0 Å². The van der Waals surface area contributed by atoms with Gasteiger partial charge in [0.05, 0.1) is 22.0 Å². The van der Waals surface area contributed by atoms with Crippen LogP contribution in [-0.4, -0.2) is 15.3 Å². The second-order valence-corrected chi connectivity index (χ2v) is 6.13. The molecule has 120 valence electrons.